The van der Waals surface area contributed by atoms with E-state index in [1.807, 2.05) is 0 Å². The monoisotopic (exact) mass is 342 g/mol. The van der Waals surface area contributed by atoms with Crippen LogP contribution in [0.2, 0.25) is 0 Å². The molecule has 24 heavy (non-hydrogen) atoms. The average molecular weight is 342 g/mol. The Kier molecular flexibility index (Phi) is 5.99. The van der Waals surface area contributed by atoms with Crippen molar-refractivity contribution in [2.45, 2.75) is 88.6 Å². The summed E-state index contributed by atoms with van der Waals surface area (Å²) in [4.78, 5) is 0. The van der Waals surface area contributed by atoms with Crippen molar-refractivity contribution in [2.75, 3.05) is 6.61 Å². The summed E-state index contributed by atoms with van der Waals surface area (Å²) in [6.07, 6.45) is 8.63. The molecule has 3 rings (SSSR count). The first kappa shape index (κ1) is 17.9. The highest BCUT2D eigenvalue weighted by Gasteiger charge is 2.57. The molecule has 136 valence electrons. The van der Waals surface area contributed by atoms with E-state index in [9.17, 15) is 8.78 Å². The SMILES string of the molecule is C#COC1CCC2C3CCC(OCCCCC)C(F)C3OC2C1F. The number of fused-ring (bicyclic) bond motifs is 3. The molecule has 2 saturated carbocycles. The molecule has 3 aliphatic rings. The molecule has 5 heteroatoms. The molecule has 0 radical (unpaired) electrons. The van der Waals surface area contributed by atoms with Crippen molar-refractivity contribution in [3.63, 3.8) is 0 Å². The average Bonchev–Trinajstić information content (AvgIpc) is 2.96. The second kappa shape index (κ2) is 8.01. The summed E-state index contributed by atoms with van der Waals surface area (Å²) in [7, 11) is 0. The van der Waals surface area contributed by atoms with Crippen molar-refractivity contribution in [3.05, 3.63) is 0 Å². The maximum absolute atomic E-state index is 14.9. The molecule has 3 nitrogen and oxygen atoms in total. The fourth-order valence-electron chi connectivity index (χ4n) is 4.68. The van der Waals surface area contributed by atoms with Gasteiger partial charge in [0.2, 0.25) is 0 Å². The molecule has 3 fully saturated rings. The van der Waals surface area contributed by atoms with Gasteiger partial charge in [0.15, 0.2) is 12.3 Å². The molecular weight excluding hydrogens is 314 g/mol. The van der Waals surface area contributed by atoms with E-state index in [1.165, 1.54) is 0 Å². The van der Waals surface area contributed by atoms with Gasteiger partial charge < -0.3 is 14.2 Å². The third-order valence-corrected chi connectivity index (χ3v) is 5.91. The lowest BCUT2D eigenvalue weighted by molar-refractivity contribution is -0.125. The minimum Gasteiger partial charge on any atom is -0.440 e. The van der Waals surface area contributed by atoms with Gasteiger partial charge in [-0.2, -0.15) is 0 Å². The summed E-state index contributed by atoms with van der Waals surface area (Å²) < 4.78 is 46.2. The molecule has 8 atom stereocenters. The maximum Gasteiger partial charge on any atom is 0.164 e. The van der Waals surface area contributed by atoms with Gasteiger partial charge in [-0.15, -0.1) is 0 Å². The molecule has 0 bridgehead atoms. The van der Waals surface area contributed by atoms with E-state index >= 15 is 0 Å². The molecule has 1 saturated heterocycles. The van der Waals surface area contributed by atoms with Crippen LogP contribution >= 0.6 is 0 Å². The molecule has 0 amide bonds. The van der Waals surface area contributed by atoms with Gasteiger partial charge in [-0.25, -0.2) is 8.78 Å². The Bertz CT molecular complexity index is 452. The van der Waals surface area contributed by atoms with Crippen LogP contribution in [-0.4, -0.2) is 43.4 Å². The summed E-state index contributed by atoms with van der Waals surface area (Å²) in [5.74, 6) is 0.160. The fraction of sp³-hybridized carbons (Fsp3) is 0.895. The van der Waals surface area contributed by atoms with E-state index in [2.05, 4.69) is 13.0 Å². The fourth-order valence-corrected chi connectivity index (χ4v) is 4.68. The Morgan fingerprint density at radius 1 is 1.00 bits per heavy atom. The number of hydrogen-bond acceptors (Lipinski definition) is 3. The van der Waals surface area contributed by atoms with Gasteiger partial charge in [-0.05, 0) is 43.9 Å². The van der Waals surface area contributed by atoms with Gasteiger partial charge in [0, 0.05) is 6.61 Å². The summed E-state index contributed by atoms with van der Waals surface area (Å²) >= 11 is 0. The quantitative estimate of drug-likeness (QED) is 0.543. The minimum absolute atomic E-state index is 0.0712. The van der Waals surface area contributed by atoms with Gasteiger partial charge in [0.1, 0.15) is 12.2 Å². The predicted octanol–water partition coefficient (Wildman–Crippen LogP) is 3.80. The molecule has 0 spiro atoms. The van der Waals surface area contributed by atoms with Crippen LogP contribution in [0.3, 0.4) is 0 Å². The zero-order valence-corrected chi connectivity index (χ0v) is 14.3. The van der Waals surface area contributed by atoms with Crippen molar-refractivity contribution in [1.29, 1.82) is 0 Å². The van der Waals surface area contributed by atoms with Crippen molar-refractivity contribution in [1.82, 2.24) is 0 Å². The first-order valence-electron chi connectivity index (χ1n) is 9.33. The minimum atomic E-state index is -1.28. The number of unbranched alkanes of at least 4 members (excludes halogenated alkanes) is 2. The maximum atomic E-state index is 14.9. The Morgan fingerprint density at radius 2 is 1.62 bits per heavy atom. The smallest absolute Gasteiger partial charge is 0.164 e. The summed E-state index contributed by atoms with van der Waals surface area (Å²) in [5.41, 5.74) is 0. The first-order valence-corrected chi connectivity index (χ1v) is 9.33. The molecule has 0 N–H and O–H groups in total. The third-order valence-electron chi connectivity index (χ3n) is 5.91. The molecule has 0 aromatic rings. The molecule has 1 heterocycles. The highest BCUT2D eigenvalue weighted by molar-refractivity contribution is 5.05. The lowest BCUT2D eigenvalue weighted by Gasteiger charge is -2.37. The van der Waals surface area contributed by atoms with E-state index in [0.29, 0.717) is 19.4 Å². The van der Waals surface area contributed by atoms with E-state index in [0.717, 1.165) is 32.1 Å². The zero-order valence-electron chi connectivity index (χ0n) is 14.3. The van der Waals surface area contributed by atoms with E-state index in [1.54, 1.807) is 0 Å². The highest BCUT2D eigenvalue weighted by Crippen LogP contribution is 2.49. The van der Waals surface area contributed by atoms with Crippen molar-refractivity contribution in [3.8, 4) is 12.5 Å². The summed E-state index contributed by atoms with van der Waals surface area (Å²) in [5, 5.41) is 0. The number of hydrogen-bond donors (Lipinski definition) is 0. The van der Waals surface area contributed by atoms with Crippen molar-refractivity contribution < 1.29 is 23.0 Å². The molecular formula is C19H28F2O3. The van der Waals surface area contributed by atoms with Gasteiger partial charge in [-0.3, -0.25) is 0 Å². The third kappa shape index (κ3) is 3.41. The number of rotatable bonds is 6. The molecule has 2 aliphatic carbocycles. The highest BCUT2D eigenvalue weighted by atomic mass is 19.1. The molecule has 1 aliphatic heterocycles. The van der Waals surface area contributed by atoms with Crippen LogP contribution in [0, 0.1) is 24.4 Å². The largest absolute Gasteiger partial charge is 0.440 e. The number of halogens is 2. The van der Waals surface area contributed by atoms with Crippen molar-refractivity contribution >= 4 is 0 Å². The first-order chi connectivity index (χ1) is 11.7. The zero-order chi connectivity index (χ0) is 17.1. The summed E-state index contributed by atoms with van der Waals surface area (Å²) in [6, 6.07) is 0. The van der Waals surface area contributed by atoms with Crippen LogP contribution < -0.4 is 0 Å². The number of terminal acetylenes is 1. The second-order valence-corrected chi connectivity index (χ2v) is 7.33. The number of alkyl halides is 2. The topological polar surface area (TPSA) is 27.7 Å². The van der Waals surface area contributed by atoms with Gasteiger partial charge in [0.05, 0.1) is 18.3 Å². The Balaban J connectivity index is 1.59. The van der Waals surface area contributed by atoms with Crippen LogP contribution in [0.1, 0.15) is 51.9 Å². The predicted molar refractivity (Wildman–Crippen MR) is 86.9 cm³/mol. The van der Waals surface area contributed by atoms with Crippen molar-refractivity contribution in [2.24, 2.45) is 11.8 Å². The molecule has 8 unspecified atom stereocenters. The number of ether oxygens (including phenoxy) is 3. The van der Waals surface area contributed by atoms with Crippen LogP contribution in [0.25, 0.3) is 0 Å². The van der Waals surface area contributed by atoms with Crippen LogP contribution in [0.4, 0.5) is 8.78 Å². The van der Waals surface area contributed by atoms with E-state index in [4.69, 9.17) is 20.6 Å². The normalized spacial score (nSPS) is 44.4. The molecule has 0 aromatic heterocycles. The van der Waals surface area contributed by atoms with Gasteiger partial charge in [0.25, 0.3) is 0 Å². The lowest BCUT2D eigenvalue weighted by Crippen LogP contribution is -2.45. The Labute approximate surface area is 143 Å². The van der Waals surface area contributed by atoms with Gasteiger partial charge in [-0.1, -0.05) is 26.2 Å². The van der Waals surface area contributed by atoms with Crippen LogP contribution in [-0.2, 0) is 14.2 Å². The van der Waals surface area contributed by atoms with Crippen LogP contribution in [0.15, 0.2) is 0 Å². The standard InChI is InChI=1S/C19H28F2O3/c1-3-5-6-11-23-15-10-8-13-12-7-9-14(22-4-2)16(20)18(12)24-19(13)17(15)21/h2,12-19H,3,5-11H2,1H3. The molecule has 0 aromatic carbocycles. The van der Waals surface area contributed by atoms with E-state index in [-0.39, 0.29) is 11.8 Å². The lowest BCUT2D eigenvalue weighted by atomic mass is 9.71. The summed E-state index contributed by atoms with van der Waals surface area (Å²) in [6.45, 7) is 2.72. The van der Waals surface area contributed by atoms with Gasteiger partial charge >= 0.3 is 0 Å². The van der Waals surface area contributed by atoms with E-state index < -0.39 is 36.8 Å². The second-order valence-electron chi connectivity index (χ2n) is 7.33. The van der Waals surface area contributed by atoms with Crippen LogP contribution in [0.5, 0.6) is 0 Å². The Morgan fingerprint density at radius 3 is 2.25 bits per heavy atom. The Hall–Kier alpha value is -0.860.